The van der Waals surface area contributed by atoms with Crippen molar-refractivity contribution in [2.24, 2.45) is 0 Å². The topological polar surface area (TPSA) is 59.5 Å². The van der Waals surface area contributed by atoms with E-state index in [0.717, 1.165) is 5.56 Å². The molecule has 21 heavy (non-hydrogen) atoms. The third kappa shape index (κ3) is 2.47. The fourth-order valence-electron chi connectivity index (χ4n) is 2.36. The normalized spacial score (nSPS) is 18.0. The SMILES string of the molecule is Cc1ccc2c(c1)OC(C)CN2S(=O)(=O)c1cccnc1. The largest absolute Gasteiger partial charge is 0.487 e. The summed E-state index contributed by atoms with van der Waals surface area (Å²) in [4.78, 5) is 4.08. The predicted octanol–water partition coefficient (Wildman–Crippen LogP) is 2.37. The summed E-state index contributed by atoms with van der Waals surface area (Å²) in [5, 5.41) is 0. The van der Waals surface area contributed by atoms with E-state index in [0.29, 0.717) is 11.4 Å². The first-order valence-electron chi connectivity index (χ1n) is 6.68. The molecule has 0 N–H and O–H groups in total. The second-order valence-corrected chi connectivity index (χ2v) is 6.99. The highest BCUT2D eigenvalue weighted by atomic mass is 32.2. The van der Waals surface area contributed by atoms with Crippen molar-refractivity contribution in [1.29, 1.82) is 0 Å². The quantitative estimate of drug-likeness (QED) is 0.854. The van der Waals surface area contributed by atoms with Crippen molar-refractivity contribution in [3.05, 3.63) is 48.3 Å². The number of rotatable bonds is 2. The molecule has 0 saturated heterocycles. The van der Waals surface area contributed by atoms with Crippen LogP contribution < -0.4 is 9.04 Å². The number of benzene rings is 1. The van der Waals surface area contributed by atoms with E-state index in [1.807, 2.05) is 26.0 Å². The number of pyridine rings is 1. The molecule has 1 atom stereocenters. The van der Waals surface area contributed by atoms with Crippen LogP contribution in [0.2, 0.25) is 0 Å². The highest BCUT2D eigenvalue weighted by Gasteiger charge is 2.32. The number of aryl methyl sites for hydroxylation is 1. The summed E-state index contributed by atoms with van der Waals surface area (Å²) in [5.74, 6) is 0.598. The van der Waals surface area contributed by atoms with Crippen LogP contribution in [0.1, 0.15) is 12.5 Å². The minimum atomic E-state index is -3.63. The lowest BCUT2D eigenvalue weighted by Crippen LogP contribution is -2.42. The molecule has 2 aromatic rings. The molecule has 5 nitrogen and oxygen atoms in total. The highest BCUT2D eigenvalue weighted by molar-refractivity contribution is 7.92. The van der Waals surface area contributed by atoms with Crippen molar-refractivity contribution in [1.82, 2.24) is 4.98 Å². The first-order chi connectivity index (χ1) is 9.98. The smallest absolute Gasteiger partial charge is 0.266 e. The van der Waals surface area contributed by atoms with Crippen molar-refractivity contribution < 1.29 is 13.2 Å². The van der Waals surface area contributed by atoms with Gasteiger partial charge in [0, 0.05) is 12.4 Å². The third-order valence-electron chi connectivity index (χ3n) is 3.36. The number of hydrogen-bond donors (Lipinski definition) is 0. The van der Waals surface area contributed by atoms with Gasteiger partial charge in [-0.1, -0.05) is 6.07 Å². The van der Waals surface area contributed by atoms with E-state index >= 15 is 0 Å². The minimum absolute atomic E-state index is 0.186. The van der Waals surface area contributed by atoms with Crippen molar-refractivity contribution in [2.45, 2.75) is 24.8 Å². The van der Waals surface area contributed by atoms with Gasteiger partial charge in [-0.25, -0.2) is 8.42 Å². The van der Waals surface area contributed by atoms with Gasteiger partial charge < -0.3 is 4.74 Å². The fraction of sp³-hybridized carbons (Fsp3) is 0.267. The van der Waals surface area contributed by atoms with E-state index < -0.39 is 10.0 Å². The molecule has 0 spiro atoms. The molecule has 1 aromatic heterocycles. The van der Waals surface area contributed by atoms with Crippen molar-refractivity contribution in [3.8, 4) is 5.75 Å². The number of aromatic nitrogens is 1. The van der Waals surface area contributed by atoms with E-state index in [2.05, 4.69) is 4.98 Å². The van der Waals surface area contributed by atoms with E-state index in [1.165, 1.54) is 10.5 Å². The Morgan fingerprint density at radius 1 is 1.33 bits per heavy atom. The second kappa shape index (κ2) is 5.04. The summed E-state index contributed by atoms with van der Waals surface area (Å²) in [7, 11) is -3.63. The summed E-state index contributed by atoms with van der Waals surface area (Å²) in [6.07, 6.45) is 2.72. The van der Waals surface area contributed by atoms with Crippen LogP contribution in [-0.2, 0) is 10.0 Å². The van der Waals surface area contributed by atoms with E-state index in [4.69, 9.17) is 4.74 Å². The van der Waals surface area contributed by atoms with Crippen LogP contribution in [0, 0.1) is 6.92 Å². The molecule has 0 radical (unpaired) electrons. The molecule has 0 bridgehead atoms. The standard InChI is InChI=1S/C15H16N2O3S/c1-11-5-6-14-15(8-11)20-12(2)10-17(14)21(18,19)13-4-3-7-16-9-13/h3-9,12H,10H2,1-2H3. The predicted molar refractivity (Wildman–Crippen MR) is 80.0 cm³/mol. The second-order valence-electron chi connectivity index (χ2n) is 5.12. The zero-order valence-electron chi connectivity index (χ0n) is 11.9. The molecule has 110 valence electrons. The van der Waals surface area contributed by atoms with E-state index in [1.54, 1.807) is 24.4 Å². The monoisotopic (exact) mass is 304 g/mol. The third-order valence-corrected chi connectivity index (χ3v) is 5.12. The van der Waals surface area contributed by atoms with Crippen LogP contribution >= 0.6 is 0 Å². The number of nitrogens with zero attached hydrogens (tertiary/aromatic N) is 2. The van der Waals surface area contributed by atoms with Crippen LogP contribution in [0.25, 0.3) is 0 Å². The van der Waals surface area contributed by atoms with Crippen molar-refractivity contribution in [2.75, 3.05) is 10.8 Å². The molecule has 1 aromatic carbocycles. The molecular formula is C15H16N2O3S. The Morgan fingerprint density at radius 2 is 2.14 bits per heavy atom. The summed E-state index contributed by atoms with van der Waals surface area (Å²) in [6.45, 7) is 4.09. The molecule has 6 heteroatoms. The van der Waals surface area contributed by atoms with Crippen LogP contribution in [0.4, 0.5) is 5.69 Å². The lowest BCUT2D eigenvalue weighted by atomic mass is 10.2. The van der Waals surface area contributed by atoms with Crippen molar-refractivity contribution >= 4 is 15.7 Å². The lowest BCUT2D eigenvalue weighted by Gasteiger charge is -2.34. The molecule has 0 amide bonds. The molecule has 3 rings (SSSR count). The van der Waals surface area contributed by atoms with Crippen LogP contribution in [-0.4, -0.2) is 26.1 Å². The van der Waals surface area contributed by atoms with Crippen LogP contribution in [0.3, 0.4) is 0 Å². The first-order valence-corrected chi connectivity index (χ1v) is 8.12. The Morgan fingerprint density at radius 3 is 2.86 bits per heavy atom. The minimum Gasteiger partial charge on any atom is -0.487 e. The maximum atomic E-state index is 12.8. The molecule has 0 aliphatic carbocycles. The van der Waals surface area contributed by atoms with Gasteiger partial charge in [0.15, 0.2) is 0 Å². The van der Waals surface area contributed by atoms with Gasteiger partial charge in [0.25, 0.3) is 10.0 Å². The summed E-state index contributed by atoms with van der Waals surface area (Å²) in [5.41, 5.74) is 1.60. The zero-order valence-corrected chi connectivity index (χ0v) is 12.7. The summed E-state index contributed by atoms with van der Waals surface area (Å²) >= 11 is 0. The summed E-state index contributed by atoms with van der Waals surface area (Å²) in [6, 6.07) is 8.69. The zero-order chi connectivity index (χ0) is 15.0. The Bertz CT molecular complexity index is 760. The fourth-order valence-corrected chi connectivity index (χ4v) is 3.88. The first kappa shape index (κ1) is 13.9. The highest BCUT2D eigenvalue weighted by Crippen LogP contribution is 2.37. The molecule has 0 fully saturated rings. The Hall–Kier alpha value is -2.08. The van der Waals surface area contributed by atoms with Crippen LogP contribution in [0.5, 0.6) is 5.75 Å². The van der Waals surface area contributed by atoms with Gasteiger partial charge >= 0.3 is 0 Å². The van der Waals surface area contributed by atoms with Gasteiger partial charge in [-0.05, 0) is 43.7 Å². The average Bonchev–Trinajstić information content (AvgIpc) is 2.46. The molecule has 1 unspecified atom stereocenters. The average molecular weight is 304 g/mol. The molecular weight excluding hydrogens is 288 g/mol. The summed E-state index contributed by atoms with van der Waals surface area (Å²) < 4.78 is 32.8. The maximum absolute atomic E-state index is 12.8. The van der Waals surface area contributed by atoms with Crippen molar-refractivity contribution in [3.63, 3.8) is 0 Å². The van der Waals surface area contributed by atoms with Gasteiger partial charge in [0.2, 0.25) is 0 Å². The van der Waals surface area contributed by atoms with E-state index in [-0.39, 0.29) is 17.5 Å². The van der Waals surface area contributed by atoms with Crippen LogP contribution in [0.15, 0.2) is 47.6 Å². The number of sulfonamides is 1. The molecule has 0 saturated carbocycles. The van der Waals surface area contributed by atoms with E-state index in [9.17, 15) is 8.42 Å². The number of ether oxygens (including phenoxy) is 1. The van der Waals surface area contributed by atoms with Gasteiger partial charge in [-0.2, -0.15) is 0 Å². The Kier molecular flexibility index (Phi) is 3.33. The molecule has 1 aliphatic rings. The Balaban J connectivity index is 2.12. The van der Waals surface area contributed by atoms with Gasteiger partial charge in [-0.3, -0.25) is 9.29 Å². The Labute approximate surface area is 124 Å². The van der Waals surface area contributed by atoms with Gasteiger partial charge in [0.05, 0.1) is 12.2 Å². The van der Waals surface area contributed by atoms with Gasteiger partial charge in [0.1, 0.15) is 16.7 Å². The molecule has 2 heterocycles. The van der Waals surface area contributed by atoms with Gasteiger partial charge in [-0.15, -0.1) is 0 Å². The lowest BCUT2D eigenvalue weighted by molar-refractivity contribution is 0.219. The number of fused-ring (bicyclic) bond motifs is 1. The number of hydrogen-bond acceptors (Lipinski definition) is 4. The number of anilines is 1. The maximum Gasteiger partial charge on any atom is 0.266 e. The molecule has 1 aliphatic heterocycles.